The summed E-state index contributed by atoms with van der Waals surface area (Å²) in [4.78, 5) is 18.7. The van der Waals surface area contributed by atoms with Gasteiger partial charge in [0.1, 0.15) is 17.0 Å². The number of fused-ring (bicyclic) bond motifs is 1. The van der Waals surface area contributed by atoms with Crippen LogP contribution in [0.4, 0.5) is 17.2 Å². The number of benzene rings is 1. The van der Waals surface area contributed by atoms with Crippen molar-refractivity contribution in [1.82, 2.24) is 14.6 Å². The number of hydrogen-bond donors (Lipinski definition) is 3. The molecule has 0 fully saturated rings. The zero-order valence-corrected chi connectivity index (χ0v) is 21.8. The molecule has 2 aromatic heterocycles. The molecule has 0 saturated carbocycles. The minimum Gasteiger partial charge on any atom is -0.378 e. The fourth-order valence-corrected chi connectivity index (χ4v) is 4.48. The molecule has 3 N–H and O–H groups in total. The van der Waals surface area contributed by atoms with Gasteiger partial charge in [0.15, 0.2) is 0 Å². The normalized spacial score (nSPS) is 12.8. The summed E-state index contributed by atoms with van der Waals surface area (Å²) in [6.07, 6.45) is 2.61. The van der Waals surface area contributed by atoms with E-state index in [0.717, 1.165) is 29.3 Å². The fourth-order valence-electron chi connectivity index (χ4n) is 4.48. The first-order chi connectivity index (χ1) is 15.1. The summed E-state index contributed by atoms with van der Waals surface area (Å²) in [5, 5.41) is 11.3. The fraction of sp³-hybridized carbons (Fsp3) is 0.538. The topological polar surface area (TPSA) is 77.5 Å². The Morgan fingerprint density at radius 1 is 1.03 bits per heavy atom. The van der Waals surface area contributed by atoms with Crippen molar-refractivity contribution in [3.63, 3.8) is 0 Å². The van der Waals surface area contributed by atoms with Crippen LogP contribution in [-0.4, -0.2) is 40.1 Å². The van der Waals surface area contributed by atoms with E-state index in [4.69, 9.17) is 0 Å². The third kappa shape index (κ3) is 5.70. The Morgan fingerprint density at radius 3 is 2.15 bits per heavy atom. The van der Waals surface area contributed by atoms with Gasteiger partial charge in [-0.3, -0.25) is 4.79 Å². The number of amides is 1. The number of imidazole rings is 1. The number of nitrogens with one attached hydrogen (secondary N) is 3. The van der Waals surface area contributed by atoms with Crippen LogP contribution in [0.1, 0.15) is 77.9 Å². The summed E-state index contributed by atoms with van der Waals surface area (Å²) in [5.41, 5.74) is 3.91. The second-order valence-corrected chi connectivity index (χ2v) is 12.1. The molecular formula is C26H40N6O. The maximum absolute atomic E-state index is 13.1. The van der Waals surface area contributed by atoms with Crippen LogP contribution < -0.4 is 15.5 Å². The SMILES string of the molecule is CN(C)c1ccc(NC(=O)c2cnn3c(NC(C)(C)CC(C)(C)C)c(C(C)(C)C)[nH]c23)cc1. The van der Waals surface area contributed by atoms with Gasteiger partial charge >= 0.3 is 0 Å². The summed E-state index contributed by atoms with van der Waals surface area (Å²) >= 11 is 0. The third-order valence-corrected chi connectivity index (χ3v) is 5.53. The van der Waals surface area contributed by atoms with Crippen LogP contribution in [0.2, 0.25) is 0 Å². The summed E-state index contributed by atoms with van der Waals surface area (Å²) < 4.78 is 1.83. The second kappa shape index (κ2) is 8.43. The van der Waals surface area contributed by atoms with Gasteiger partial charge in [0, 0.05) is 36.4 Å². The monoisotopic (exact) mass is 452 g/mol. The molecule has 0 radical (unpaired) electrons. The molecule has 2 heterocycles. The molecule has 0 spiro atoms. The van der Waals surface area contributed by atoms with Crippen molar-refractivity contribution in [2.45, 2.75) is 72.8 Å². The first-order valence-electron chi connectivity index (χ1n) is 11.5. The number of aromatic amines is 1. The molecule has 1 aromatic carbocycles. The van der Waals surface area contributed by atoms with Crippen molar-refractivity contribution in [1.29, 1.82) is 0 Å². The molecule has 0 unspecified atom stereocenters. The van der Waals surface area contributed by atoms with Gasteiger partial charge in [-0.1, -0.05) is 41.5 Å². The van der Waals surface area contributed by atoms with E-state index in [-0.39, 0.29) is 22.3 Å². The van der Waals surface area contributed by atoms with Crippen molar-refractivity contribution in [2.24, 2.45) is 5.41 Å². The van der Waals surface area contributed by atoms with Gasteiger partial charge in [0.05, 0.1) is 11.9 Å². The molecular weight excluding hydrogens is 412 g/mol. The van der Waals surface area contributed by atoms with Crippen molar-refractivity contribution in [3.05, 3.63) is 41.7 Å². The van der Waals surface area contributed by atoms with Crippen molar-refractivity contribution >= 4 is 28.7 Å². The Hall–Kier alpha value is -2.96. The van der Waals surface area contributed by atoms with Crippen LogP contribution in [0.25, 0.3) is 5.65 Å². The standard InChI is InChI=1S/C26H40N6O/c1-24(2,3)16-26(7,8)30-22-20(25(4,5)6)29-21-19(15-27-32(21)22)23(33)28-17-11-13-18(14-12-17)31(9)10/h11-15,29-30H,16H2,1-10H3,(H,28,33). The minimum atomic E-state index is -0.190. The Bertz CT molecular complexity index is 1120. The van der Waals surface area contributed by atoms with E-state index in [2.05, 4.69) is 76.1 Å². The van der Waals surface area contributed by atoms with Gasteiger partial charge < -0.3 is 20.5 Å². The lowest BCUT2D eigenvalue weighted by molar-refractivity contribution is 0.102. The van der Waals surface area contributed by atoms with Crippen LogP contribution >= 0.6 is 0 Å². The lowest BCUT2D eigenvalue weighted by atomic mass is 9.81. The molecule has 0 atom stereocenters. The first kappa shape index (κ1) is 24.7. The van der Waals surface area contributed by atoms with Crippen molar-refractivity contribution < 1.29 is 4.79 Å². The van der Waals surface area contributed by atoms with E-state index in [1.54, 1.807) is 6.20 Å². The molecule has 0 aliphatic rings. The highest BCUT2D eigenvalue weighted by molar-refractivity contribution is 6.08. The highest BCUT2D eigenvalue weighted by Gasteiger charge is 2.32. The Balaban J connectivity index is 1.96. The predicted molar refractivity (Wildman–Crippen MR) is 139 cm³/mol. The summed E-state index contributed by atoms with van der Waals surface area (Å²) in [7, 11) is 3.98. The molecule has 3 rings (SSSR count). The molecule has 0 aliphatic heterocycles. The van der Waals surface area contributed by atoms with E-state index >= 15 is 0 Å². The molecule has 3 aromatic rings. The minimum absolute atomic E-state index is 0.156. The highest BCUT2D eigenvalue weighted by atomic mass is 16.1. The average molecular weight is 453 g/mol. The molecule has 0 bridgehead atoms. The smallest absolute Gasteiger partial charge is 0.261 e. The number of carbonyl (C=O) groups is 1. The molecule has 1 amide bonds. The van der Waals surface area contributed by atoms with Gasteiger partial charge in [-0.15, -0.1) is 0 Å². The number of H-pyrrole nitrogens is 1. The van der Waals surface area contributed by atoms with Crippen LogP contribution in [0.15, 0.2) is 30.5 Å². The largest absolute Gasteiger partial charge is 0.378 e. The van der Waals surface area contributed by atoms with E-state index in [0.29, 0.717) is 11.2 Å². The van der Waals surface area contributed by atoms with E-state index < -0.39 is 0 Å². The van der Waals surface area contributed by atoms with Crippen molar-refractivity contribution in [2.75, 3.05) is 29.6 Å². The van der Waals surface area contributed by atoms with E-state index in [9.17, 15) is 4.79 Å². The number of hydrogen-bond acceptors (Lipinski definition) is 4. The number of carbonyl (C=O) groups excluding carboxylic acids is 1. The highest BCUT2D eigenvalue weighted by Crippen LogP contribution is 2.35. The maximum atomic E-state index is 13.1. The molecule has 0 saturated heterocycles. The van der Waals surface area contributed by atoms with E-state index in [1.807, 2.05) is 47.8 Å². The van der Waals surface area contributed by atoms with Crippen LogP contribution in [0.3, 0.4) is 0 Å². The first-order valence-corrected chi connectivity index (χ1v) is 11.5. The number of anilines is 3. The number of aromatic nitrogens is 3. The lowest BCUT2D eigenvalue weighted by Crippen LogP contribution is -2.36. The second-order valence-electron chi connectivity index (χ2n) is 12.1. The molecule has 180 valence electrons. The van der Waals surface area contributed by atoms with Gasteiger partial charge in [-0.25, -0.2) is 0 Å². The number of nitrogens with zero attached hydrogens (tertiary/aromatic N) is 3. The Kier molecular flexibility index (Phi) is 6.30. The van der Waals surface area contributed by atoms with Gasteiger partial charge in [-0.2, -0.15) is 9.61 Å². The predicted octanol–water partition coefficient (Wildman–Crippen LogP) is 5.90. The van der Waals surface area contributed by atoms with E-state index in [1.165, 1.54) is 0 Å². The average Bonchev–Trinajstić information content (AvgIpc) is 3.20. The zero-order valence-electron chi connectivity index (χ0n) is 21.8. The van der Waals surface area contributed by atoms with Crippen molar-refractivity contribution in [3.8, 4) is 0 Å². The molecule has 0 aliphatic carbocycles. The van der Waals surface area contributed by atoms with Gasteiger partial charge in [0.25, 0.3) is 5.91 Å². The summed E-state index contributed by atoms with van der Waals surface area (Å²) in [5.74, 6) is 0.714. The molecule has 7 heteroatoms. The quantitative estimate of drug-likeness (QED) is 0.435. The molecule has 7 nitrogen and oxygen atoms in total. The summed E-state index contributed by atoms with van der Waals surface area (Å²) in [6.45, 7) is 17.6. The Morgan fingerprint density at radius 2 is 1.64 bits per heavy atom. The van der Waals surface area contributed by atoms with Gasteiger partial charge in [-0.05, 0) is 49.9 Å². The Labute approximate surface area is 197 Å². The third-order valence-electron chi connectivity index (χ3n) is 5.53. The zero-order chi connectivity index (χ0) is 24.8. The lowest BCUT2D eigenvalue weighted by Gasteiger charge is -2.34. The maximum Gasteiger partial charge on any atom is 0.261 e. The summed E-state index contributed by atoms with van der Waals surface area (Å²) in [6, 6.07) is 7.78. The van der Waals surface area contributed by atoms with Crippen LogP contribution in [-0.2, 0) is 5.41 Å². The molecule has 33 heavy (non-hydrogen) atoms. The van der Waals surface area contributed by atoms with Crippen LogP contribution in [0, 0.1) is 5.41 Å². The number of rotatable bonds is 6. The van der Waals surface area contributed by atoms with Crippen LogP contribution in [0.5, 0.6) is 0 Å². The van der Waals surface area contributed by atoms with Gasteiger partial charge in [0.2, 0.25) is 0 Å².